The third-order valence-electron chi connectivity index (χ3n) is 3.27. The molecule has 2 N–H and O–H groups in total. The van der Waals surface area contributed by atoms with Crippen LogP contribution >= 0.6 is 0 Å². The third kappa shape index (κ3) is 7.09. The molecule has 6 nitrogen and oxygen atoms in total. The van der Waals surface area contributed by atoms with Crippen LogP contribution in [0, 0.1) is 16.7 Å². The van der Waals surface area contributed by atoms with Crippen LogP contribution in [0.5, 0.6) is 0 Å². The molecular weight excluding hydrogens is 270 g/mol. The molecule has 0 aromatic heterocycles. The predicted octanol–water partition coefficient (Wildman–Crippen LogP) is 1.37. The smallest absolute Gasteiger partial charge is 0.240 e. The molecule has 0 radical (unpaired) electrons. The molecule has 21 heavy (non-hydrogen) atoms. The summed E-state index contributed by atoms with van der Waals surface area (Å²) in [5, 5.41) is 14.7. The number of nitrogens with one attached hydrogen (secondary N) is 2. The van der Waals surface area contributed by atoms with Crippen molar-refractivity contribution in [1.82, 2.24) is 10.6 Å². The molecule has 0 fully saturated rings. The van der Waals surface area contributed by atoms with Crippen LogP contribution in [-0.4, -0.2) is 38.6 Å². The molecular formula is C15H27N3O3. The zero-order valence-electron chi connectivity index (χ0n) is 13.3. The second-order valence-electron chi connectivity index (χ2n) is 5.04. The Morgan fingerprint density at radius 2 is 1.76 bits per heavy atom. The van der Waals surface area contributed by atoms with E-state index in [2.05, 4.69) is 16.7 Å². The van der Waals surface area contributed by atoms with Crippen LogP contribution in [0.15, 0.2) is 0 Å². The number of hydrogen-bond acceptors (Lipinski definition) is 4. The van der Waals surface area contributed by atoms with Crippen molar-refractivity contribution in [2.45, 2.75) is 46.0 Å². The van der Waals surface area contributed by atoms with Gasteiger partial charge in [0.25, 0.3) is 0 Å². The van der Waals surface area contributed by atoms with E-state index in [1.807, 2.05) is 13.8 Å². The molecule has 6 heteroatoms. The molecule has 0 saturated carbocycles. The van der Waals surface area contributed by atoms with Crippen molar-refractivity contribution in [2.75, 3.05) is 26.8 Å². The van der Waals surface area contributed by atoms with Crippen LogP contribution in [0.2, 0.25) is 0 Å². The van der Waals surface area contributed by atoms with Gasteiger partial charge in [0.2, 0.25) is 11.8 Å². The Kier molecular flexibility index (Phi) is 10.2. The lowest BCUT2D eigenvalue weighted by molar-refractivity contribution is -0.129. The first-order valence-corrected chi connectivity index (χ1v) is 7.51. The van der Waals surface area contributed by atoms with Crippen molar-refractivity contribution >= 4 is 11.8 Å². The van der Waals surface area contributed by atoms with Gasteiger partial charge in [0.05, 0.1) is 12.7 Å². The Balaban J connectivity index is 4.26. The molecule has 0 rings (SSSR count). The van der Waals surface area contributed by atoms with Crippen LogP contribution in [-0.2, 0) is 14.3 Å². The quantitative estimate of drug-likeness (QED) is 0.563. The Morgan fingerprint density at radius 3 is 2.24 bits per heavy atom. The summed E-state index contributed by atoms with van der Waals surface area (Å²) in [5.41, 5.74) is -0.962. The molecule has 0 aromatic carbocycles. The van der Waals surface area contributed by atoms with Gasteiger partial charge in [-0.15, -0.1) is 0 Å². The maximum atomic E-state index is 12.2. The van der Waals surface area contributed by atoms with Crippen LogP contribution in [0.1, 0.15) is 46.0 Å². The summed E-state index contributed by atoms with van der Waals surface area (Å²) in [6.45, 7) is 5.07. The average molecular weight is 297 g/mol. The van der Waals surface area contributed by atoms with Gasteiger partial charge >= 0.3 is 0 Å². The van der Waals surface area contributed by atoms with Gasteiger partial charge in [0.15, 0.2) is 0 Å². The minimum atomic E-state index is -0.962. The standard InChI is InChI=1S/C15H27N3O3/c1-4-7-15(12-16,8-5-2)14(20)18-9-6-13(19)17-10-11-21-3/h4-11H2,1-3H3,(H,17,19)(H,18,20). The molecule has 0 aliphatic heterocycles. The first kappa shape index (κ1) is 19.4. The van der Waals surface area contributed by atoms with E-state index in [0.717, 1.165) is 12.8 Å². The fraction of sp³-hybridized carbons (Fsp3) is 0.800. The molecule has 120 valence electrons. The number of nitrogens with zero attached hydrogens (tertiary/aromatic N) is 1. The molecule has 0 heterocycles. The van der Waals surface area contributed by atoms with Crippen LogP contribution < -0.4 is 10.6 Å². The highest BCUT2D eigenvalue weighted by molar-refractivity contribution is 5.86. The second-order valence-corrected chi connectivity index (χ2v) is 5.04. The van der Waals surface area contributed by atoms with E-state index in [1.54, 1.807) is 7.11 Å². The summed E-state index contributed by atoms with van der Waals surface area (Å²) in [7, 11) is 1.56. The van der Waals surface area contributed by atoms with Gasteiger partial charge in [0, 0.05) is 26.6 Å². The molecule has 0 aliphatic rings. The van der Waals surface area contributed by atoms with Crippen molar-refractivity contribution in [1.29, 1.82) is 5.26 Å². The number of hydrogen-bond donors (Lipinski definition) is 2. The molecule has 0 saturated heterocycles. The highest BCUT2D eigenvalue weighted by Gasteiger charge is 2.36. The molecule has 0 spiro atoms. The highest BCUT2D eigenvalue weighted by atomic mass is 16.5. The van der Waals surface area contributed by atoms with E-state index in [1.165, 1.54) is 0 Å². The molecule has 2 amide bonds. The van der Waals surface area contributed by atoms with Crippen molar-refractivity contribution in [3.63, 3.8) is 0 Å². The van der Waals surface area contributed by atoms with Crippen LogP contribution in [0.3, 0.4) is 0 Å². The zero-order valence-corrected chi connectivity index (χ0v) is 13.3. The van der Waals surface area contributed by atoms with Gasteiger partial charge in [-0.05, 0) is 12.8 Å². The van der Waals surface area contributed by atoms with Gasteiger partial charge < -0.3 is 15.4 Å². The van der Waals surface area contributed by atoms with Crippen molar-refractivity contribution in [2.24, 2.45) is 5.41 Å². The Morgan fingerprint density at radius 1 is 1.14 bits per heavy atom. The van der Waals surface area contributed by atoms with Gasteiger partial charge in [-0.1, -0.05) is 26.7 Å². The van der Waals surface area contributed by atoms with Crippen molar-refractivity contribution < 1.29 is 14.3 Å². The first-order valence-electron chi connectivity index (χ1n) is 7.51. The van der Waals surface area contributed by atoms with E-state index < -0.39 is 5.41 Å². The highest BCUT2D eigenvalue weighted by Crippen LogP contribution is 2.29. The largest absolute Gasteiger partial charge is 0.383 e. The third-order valence-corrected chi connectivity index (χ3v) is 3.27. The average Bonchev–Trinajstić information content (AvgIpc) is 2.47. The maximum absolute atomic E-state index is 12.2. The first-order chi connectivity index (χ1) is 10.1. The summed E-state index contributed by atoms with van der Waals surface area (Å²) in [5.74, 6) is -0.403. The van der Waals surface area contributed by atoms with Gasteiger partial charge in [-0.3, -0.25) is 9.59 Å². The number of carbonyl (C=O) groups excluding carboxylic acids is 2. The molecule has 0 unspecified atom stereocenters. The molecule has 0 atom stereocenters. The minimum absolute atomic E-state index is 0.138. The number of rotatable bonds is 11. The summed E-state index contributed by atoms with van der Waals surface area (Å²) in [6.07, 6.45) is 2.85. The van der Waals surface area contributed by atoms with E-state index in [0.29, 0.717) is 26.0 Å². The fourth-order valence-corrected chi connectivity index (χ4v) is 2.21. The van der Waals surface area contributed by atoms with Gasteiger partial charge in [-0.25, -0.2) is 0 Å². The lowest BCUT2D eigenvalue weighted by Gasteiger charge is -2.24. The van der Waals surface area contributed by atoms with Gasteiger partial charge in [0.1, 0.15) is 5.41 Å². The topological polar surface area (TPSA) is 91.2 Å². The molecule has 0 aliphatic carbocycles. The Hall–Kier alpha value is -1.61. The van der Waals surface area contributed by atoms with E-state index in [-0.39, 0.29) is 24.8 Å². The summed E-state index contributed by atoms with van der Waals surface area (Å²) in [4.78, 5) is 23.7. The van der Waals surface area contributed by atoms with E-state index in [4.69, 9.17) is 4.74 Å². The van der Waals surface area contributed by atoms with Crippen LogP contribution in [0.25, 0.3) is 0 Å². The number of nitriles is 1. The van der Waals surface area contributed by atoms with Crippen LogP contribution in [0.4, 0.5) is 0 Å². The molecule has 0 bridgehead atoms. The second kappa shape index (κ2) is 11.1. The van der Waals surface area contributed by atoms with E-state index >= 15 is 0 Å². The number of carbonyl (C=O) groups is 2. The Bertz CT molecular complexity index is 358. The van der Waals surface area contributed by atoms with E-state index in [9.17, 15) is 14.9 Å². The lowest BCUT2D eigenvalue weighted by Crippen LogP contribution is -2.41. The normalized spacial score (nSPS) is 10.8. The monoisotopic (exact) mass is 297 g/mol. The molecule has 0 aromatic rings. The fourth-order valence-electron chi connectivity index (χ4n) is 2.21. The predicted molar refractivity (Wildman–Crippen MR) is 80.4 cm³/mol. The number of ether oxygens (including phenoxy) is 1. The SMILES string of the molecule is CCCC(C#N)(CCC)C(=O)NCCC(=O)NCCOC. The van der Waals surface area contributed by atoms with Gasteiger partial charge in [-0.2, -0.15) is 5.26 Å². The zero-order chi connectivity index (χ0) is 16.1. The number of methoxy groups -OCH3 is 1. The lowest BCUT2D eigenvalue weighted by atomic mass is 9.80. The minimum Gasteiger partial charge on any atom is -0.383 e. The maximum Gasteiger partial charge on any atom is 0.240 e. The summed E-state index contributed by atoms with van der Waals surface area (Å²) in [6, 6.07) is 2.17. The number of amides is 2. The van der Waals surface area contributed by atoms with Crippen molar-refractivity contribution in [3.05, 3.63) is 0 Å². The Labute approximate surface area is 127 Å². The van der Waals surface area contributed by atoms with Crippen molar-refractivity contribution in [3.8, 4) is 6.07 Å². The summed E-state index contributed by atoms with van der Waals surface area (Å²) < 4.78 is 4.83. The summed E-state index contributed by atoms with van der Waals surface area (Å²) >= 11 is 0.